The number of hydrogen-bond acceptors (Lipinski definition) is 5. The third-order valence-electron chi connectivity index (χ3n) is 3.63. The molecule has 0 aliphatic carbocycles. The molecule has 1 aliphatic heterocycles. The predicted molar refractivity (Wildman–Crippen MR) is 88.6 cm³/mol. The Labute approximate surface area is 135 Å². The SMILES string of the molecule is Cc1cc(C(=O)Nc2ccccc2)nc(NCC2CCCO2)n1. The number of benzene rings is 1. The number of nitrogens with one attached hydrogen (secondary N) is 2. The van der Waals surface area contributed by atoms with Crippen molar-refractivity contribution in [3.8, 4) is 0 Å². The minimum atomic E-state index is -0.248. The van der Waals surface area contributed by atoms with Crippen molar-refractivity contribution in [1.82, 2.24) is 9.97 Å². The highest BCUT2D eigenvalue weighted by molar-refractivity contribution is 6.03. The summed E-state index contributed by atoms with van der Waals surface area (Å²) < 4.78 is 5.56. The van der Waals surface area contributed by atoms with Crippen molar-refractivity contribution >= 4 is 17.5 Å². The van der Waals surface area contributed by atoms with Crippen molar-refractivity contribution in [2.24, 2.45) is 0 Å². The lowest BCUT2D eigenvalue weighted by atomic mass is 10.2. The van der Waals surface area contributed by atoms with Gasteiger partial charge in [-0.2, -0.15) is 0 Å². The Kier molecular flexibility index (Phi) is 4.83. The van der Waals surface area contributed by atoms with E-state index in [1.54, 1.807) is 6.07 Å². The molecule has 2 N–H and O–H groups in total. The van der Waals surface area contributed by atoms with Crippen LogP contribution in [-0.2, 0) is 4.74 Å². The van der Waals surface area contributed by atoms with Crippen LogP contribution in [0.25, 0.3) is 0 Å². The minimum Gasteiger partial charge on any atom is -0.376 e. The van der Waals surface area contributed by atoms with Gasteiger partial charge in [-0.3, -0.25) is 4.79 Å². The van der Waals surface area contributed by atoms with Crippen LogP contribution in [0.1, 0.15) is 29.0 Å². The van der Waals surface area contributed by atoms with Gasteiger partial charge in [0.25, 0.3) is 5.91 Å². The summed E-state index contributed by atoms with van der Waals surface area (Å²) in [6, 6.07) is 11.0. The van der Waals surface area contributed by atoms with Crippen LogP contribution in [0.2, 0.25) is 0 Å². The van der Waals surface area contributed by atoms with Gasteiger partial charge in [0, 0.05) is 24.5 Å². The monoisotopic (exact) mass is 312 g/mol. The number of ether oxygens (including phenoxy) is 1. The van der Waals surface area contributed by atoms with Crippen molar-refractivity contribution in [2.75, 3.05) is 23.8 Å². The second kappa shape index (κ2) is 7.19. The van der Waals surface area contributed by atoms with Gasteiger partial charge < -0.3 is 15.4 Å². The van der Waals surface area contributed by atoms with E-state index >= 15 is 0 Å². The fourth-order valence-electron chi connectivity index (χ4n) is 2.49. The highest BCUT2D eigenvalue weighted by atomic mass is 16.5. The molecule has 0 bridgehead atoms. The number of hydrogen-bond donors (Lipinski definition) is 2. The lowest BCUT2D eigenvalue weighted by Crippen LogP contribution is -2.21. The van der Waals surface area contributed by atoms with Crippen LogP contribution in [0.4, 0.5) is 11.6 Å². The van der Waals surface area contributed by atoms with Crippen molar-refractivity contribution < 1.29 is 9.53 Å². The molecule has 1 aromatic carbocycles. The van der Waals surface area contributed by atoms with Gasteiger partial charge in [-0.25, -0.2) is 9.97 Å². The molecule has 1 saturated heterocycles. The standard InChI is InChI=1S/C17H20N4O2/c1-12-10-15(16(22)20-13-6-3-2-4-7-13)21-17(19-12)18-11-14-8-5-9-23-14/h2-4,6-7,10,14H,5,8-9,11H2,1H3,(H,20,22)(H,18,19,21). The summed E-state index contributed by atoms with van der Waals surface area (Å²) in [5.74, 6) is 0.209. The Morgan fingerprint density at radius 3 is 2.87 bits per heavy atom. The van der Waals surface area contributed by atoms with E-state index in [1.807, 2.05) is 37.3 Å². The van der Waals surface area contributed by atoms with E-state index in [1.165, 1.54) is 0 Å². The van der Waals surface area contributed by atoms with Gasteiger partial charge in [0.2, 0.25) is 5.95 Å². The highest BCUT2D eigenvalue weighted by Gasteiger charge is 2.16. The molecule has 2 heterocycles. The number of amides is 1. The molecular weight excluding hydrogens is 292 g/mol. The Bertz CT molecular complexity index is 670. The zero-order valence-electron chi connectivity index (χ0n) is 13.1. The van der Waals surface area contributed by atoms with E-state index in [4.69, 9.17) is 4.74 Å². The van der Waals surface area contributed by atoms with E-state index < -0.39 is 0 Å². The Hall–Kier alpha value is -2.47. The van der Waals surface area contributed by atoms with Crippen molar-refractivity contribution in [1.29, 1.82) is 0 Å². The van der Waals surface area contributed by atoms with Gasteiger partial charge in [-0.05, 0) is 38.0 Å². The number of carbonyl (C=O) groups is 1. The van der Waals surface area contributed by atoms with Gasteiger partial charge in [0.1, 0.15) is 5.69 Å². The molecule has 1 fully saturated rings. The van der Waals surface area contributed by atoms with Crippen LogP contribution in [0.15, 0.2) is 36.4 Å². The molecule has 1 amide bonds. The summed E-state index contributed by atoms with van der Waals surface area (Å²) in [6.07, 6.45) is 2.33. The molecule has 0 radical (unpaired) electrons. The van der Waals surface area contributed by atoms with Crippen LogP contribution in [0.5, 0.6) is 0 Å². The fraction of sp³-hybridized carbons (Fsp3) is 0.353. The van der Waals surface area contributed by atoms with Gasteiger partial charge in [0.05, 0.1) is 6.10 Å². The van der Waals surface area contributed by atoms with Crippen LogP contribution < -0.4 is 10.6 Å². The molecule has 1 atom stereocenters. The first-order valence-electron chi connectivity index (χ1n) is 7.78. The summed E-state index contributed by atoms with van der Waals surface area (Å²) in [5.41, 5.74) is 1.83. The van der Waals surface area contributed by atoms with Crippen molar-refractivity contribution in [3.63, 3.8) is 0 Å². The average Bonchev–Trinajstić information content (AvgIpc) is 3.07. The summed E-state index contributed by atoms with van der Waals surface area (Å²) >= 11 is 0. The van der Waals surface area contributed by atoms with Gasteiger partial charge >= 0.3 is 0 Å². The van der Waals surface area contributed by atoms with Crippen LogP contribution in [0.3, 0.4) is 0 Å². The molecule has 1 aromatic heterocycles. The Balaban J connectivity index is 1.67. The third kappa shape index (κ3) is 4.26. The first-order chi connectivity index (χ1) is 11.2. The molecule has 3 rings (SSSR count). The quantitative estimate of drug-likeness (QED) is 0.887. The Morgan fingerprint density at radius 1 is 1.30 bits per heavy atom. The summed E-state index contributed by atoms with van der Waals surface area (Å²) in [5, 5.41) is 5.99. The number of anilines is 2. The topological polar surface area (TPSA) is 76.1 Å². The maximum absolute atomic E-state index is 12.3. The second-order valence-corrected chi connectivity index (χ2v) is 5.55. The first kappa shape index (κ1) is 15.4. The van der Waals surface area contributed by atoms with Crippen LogP contribution in [0, 0.1) is 6.92 Å². The highest BCUT2D eigenvalue weighted by Crippen LogP contribution is 2.13. The van der Waals surface area contributed by atoms with Gasteiger partial charge in [0.15, 0.2) is 0 Å². The number of aryl methyl sites for hydroxylation is 1. The molecule has 0 saturated carbocycles. The molecule has 23 heavy (non-hydrogen) atoms. The van der Waals surface area contributed by atoms with E-state index in [0.29, 0.717) is 18.2 Å². The number of carbonyl (C=O) groups excluding carboxylic acids is 1. The number of para-hydroxylation sites is 1. The molecule has 6 heteroatoms. The smallest absolute Gasteiger partial charge is 0.274 e. The number of aromatic nitrogens is 2. The predicted octanol–water partition coefficient (Wildman–Crippen LogP) is 2.63. The van der Waals surface area contributed by atoms with E-state index in [2.05, 4.69) is 20.6 Å². The van der Waals surface area contributed by atoms with Crippen molar-refractivity contribution in [3.05, 3.63) is 47.8 Å². The molecule has 1 unspecified atom stereocenters. The lowest BCUT2D eigenvalue weighted by molar-refractivity contribution is 0.102. The summed E-state index contributed by atoms with van der Waals surface area (Å²) in [6.45, 7) is 3.31. The molecular formula is C17H20N4O2. The molecule has 2 aromatic rings. The zero-order chi connectivity index (χ0) is 16.1. The molecule has 1 aliphatic rings. The van der Waals surface area contributed by atoms with E-state index in [0.717, 1.165) is 30.8 Å². The molecule has 6 nitrogen and oxygen atoms in total. The molecule has 120 valence electrons. The Morgan fingerprint density at radius 2 is 2.13 bits per heavy atom. The maximum Gasteiger partial charge on any atom is 0.274 e. The van der Waals surface area contributed by atoms with E-state index in [-0.39, 0.29) is 12.0 Å². The number of rotatable bonds is 5. The summed E-state index contributed by atoms with van der Waals surface area (Å²) in [4.78, 5) is 21.0. The fourth-order valence-corrected chi connectivity index (χ4v) is 2.49. The van der Waals surface area contributed by atoms with E-state index in [9.17, 15) is 4.79 Å². The van der Waals surface area contributed by atoms with Crippen LogP contribution >= 0.6 is 0 Å². The zero-order valence-corrected chi connectivity index (χ0v) is 13.1. The molecule has 0 spiro atoms. The number of nitrogens with zero attached hydrogens (tertiary/aromatic N) is 2. The van der Waals surface area contributed by atoms with Crippen LogP contribution in [-0.4, -0.2) is 35.1 Å². The van der Waals surface area contributed by atoms with Gasteiger partial charge in [-0.1, -0.05) is 18.2 Å². The second-order valence-electron chi connectivity index (χ2n) is 5.55. The lowest BCUT2D eigenvalue weighted by Gasteiger charge is -2.12. The van der Waals surface area contributed by atoms with Crippen molar-refractivity contribution in [2.45, 2.75) is 25.9 Å². The summed E-state index contributed by atoms with van der Waals surface area (Å²) in [7, 11) is 0. The van der Waals surface area contributed by atoms with Gasteiger partial charge in [-0.15, -0.1) is 0 Å². The third-order valence-corrected chi connectivity index (χ3v) is 3.63. The minimum absolute atomic E-state index is 0.195. The largest absolute Gasteiger partial charge is 0.376 e. The normalized spacial score (nSPS) is 17.0. The first-order valence-corrected chi connectivity index (χ1v) is 7.78. The maximum atomic E-state index is 12.3. The average molecular weight is 312 g/mol.